The van der Waals surface area contributed by atoms with E-state index >= 15 is 0 Å². The van der Waals surface area contributed by atoms with E-state index in [2.05, 4.69) is 5.32 Å². The highest BCUT2D eigenvalue weighted by molar-refractivity contribution is 6.07. The third-order valence-electron chi connectivity index (χ3n) is 4.90. The fourth-order valence-corrected chi connectivity index (χ4v) is 3.36. The number of ether oxygens (including phenoxy) is 2. The summed E-state index contributed by atoms with van der Waals surface area (Å²) in [5.41, 5.74) is 4.58. The third kappa shape index (κ3) is 5.58. The molecule has 3 rings (SSSR count). The zero-order valence-electron chi connectivity index (χ0n) is 18.9. The Morgan fingerprint density at radius 3 is 2.23 bits per heavy atom. The van der Waals surface area contributed by atoms with E-state index in [1.54, 1.807) is 19.1 Å². The van der Waals surface area contributed by atoms with Crippen LogP contribution in [-0.2, 0) is 4.79 Å². The van der Waals surface area contributed by atoms with Gasteiger partial charge in [-0.25, -0.2) is 9.59 Å². The van der Waals surface area contributed by atoms with E-state index in [9.17, 15) is 29.4 Å². The molecule has 6 N–H and O–H groups in total. The Bertz CT molecular complexity index is 1350. The molecule has 0 aliphatic carbocycles. The fraction of sp³-hybridized carbons (Fsp3) is 0.167. The summed E-state index contributed by atoms with van der Waals surface area (Å²) >= 11 is 0. The number of aryl methyl sites for hydroxylation is 1. The Morgan fingerprint density at radius 1 is 0.971 bits per heavy atom. The summed E-state index contributed by atoms with van der Waals surface area (Å²) in [6.45, 7) is 3.44. The number of aromatic nitrogens is 1. The molecule has 0 saturated heterocycles. The molecule has 2 aromatic carbocycles. The Morgan fingerprint density at radius 2 is 1.63 bits per heavy atom. The third-order valence-corrected chi connectivity index (χ3v) is 4.90. The Hall–Kier alpha value is -4.80. The molecule has 1 heterocycles. The van der Waals surface area contributed by atoms with Gasteiger partial charge in [0.1, 0.15) is 16.9 Å². The Balaban J connectivity index is 1.96. The van der Waals surface area contributed by atoms with Crippen molar-refractivity contribution in [3.05, 3.63) is 69.5 Å². The van der Waals surface area contributed by atoms with E-state index in [0.29, 0.717) is 5.69 Å². The number of H-pyrrole nitrogens is 1. The highest BCUT2D eigenvalue weighted by Gasteiger charge is 2.27. The van der Waals surface area contributed by atoms with Crippen molar-refractivity contribution in [2.45, 2.75) is 13.8 Å². The number of hydrogen-bond acceptors (Lipinski definition) is 7. The molecule has 11 nitrogen and oxygen atoms in total. The number of aromatic carboxylic acids is 2. The van der Waals surface area contributed by atoms with E-state index in [1.165, 1.54) is 18.2 Å². The maximum Gasteiger partial charge on any atom is 0.342 e. The van der Waals surface area contributed by atoms with Crippen LogP contribution in [0.1, 0.15) is 33.2 Å². The molecule has 1 aromatic heterocycles. The molecule has 0 aliphatic heterocycles. The van der Waals surface area contributed by atoms with Crippen LogP contribution in [0, 0.1) is 6.92 Å². The van der Waals surface area contributed by atoms with Crippen LogP contribution in [0.4, 0.5) is 11.5 Å². The summed E-state index contributed by atoms with van der Waals surface area (Å²) < 4.78 is 11.1. The highest BCUT2D eigenvalue weighted by Crippen LogP contribution is 2.36. The average Bonchev–Trinajstić information content (AvgIpc) is 2.78. The molecular weight excluding hydrogens is 458 g/mol. The molecule has 0 fully saturated rings. The second kappa shape index (κ2) is 10.4. The molecule has 0 aliphatic rings. The van der Waals surface area contributed by atoms with Gasteiger partial charge in [0.2, 0.25) is 0 Å². The van der Waals surface area contributed by atoms with Crippen LogP contribution < -0.4 is 26.1 Å². The van der Waals surface area contributed by atoms with Crippen LogP contribution in [0.25, 0.3) is 11.1 Å². The second-order valence-corrected chi connectivity index (χ2v) is 7.40. The number of carboxylic acids is 2. The smallest absolute Gasteiger partial charge is 0.342 e. The monoisotopic (exact) mass is 481 g/mol. The van der Waals surface area contributed by atoms with Crippen molar-refractivity contribution in [1.82, 2.24) is 4.98 Å². The Kier molecular flexibility index (Phi) is 7.40. The number of amides is 1. The van der Waals surface area contributed by atoms with Crippen molar-refractivity contribution in [3.63, 3.8) is 0 Å². The number of carboxylic acid groups (broad SMARTS) is 2. The molecule has 1 amide bonds. The summed E-state index contributed by atoms with van der Waals surface area (Å²) in [6.07, 6.45) is 0. The van der Waals surface area contributed by atoms with Crippen LogP contribution in [0.5, 0.6) is 11.5 Å². The van der Waals surface area contributed by atoms with Crippen molar-refractivity contribution in [2.75, 3.05) is 24.3 Å². The second-order valence-electron chi connectivity index (χ2n) is 7.40. The zero-order chi connectivity index (χ0) is 25.7. The highest BCUT2D eigenvalue weighted by atomic mass is 16.5. The average molecular weight is 481 g/mol. The van der Waals surface area contributed by atoms with Gasteiger partial charge in [-0.05, 0) is 43.7 Å². The summed E-state index contributed by atoms with van der Waals surface area (Å²) in [5.74, 6) is -3.81. The molecule has 0 bridgehead atoms. The molecule has 3 aromatic rings. The normalized spacial score (nSPS) is 10.5. The van der Waals surface area contributed by atoms with Crippen molar-refractivity contribution < 1.29 is 34.1 Å². The van der Waals surface area contributed by atoms with Gasteiger partial charge in [0, 0.05) is 11.3 Å². The number of aromatic amines is 1. The van der Waals surface area contributed by atoms with Crippen LogP contribution >= 0.6 is 0 Å². The van der Waals surface area contributed by atoms with Gasteiger partial charge < -0.3 is 35.7 Å². The van der Waals surface area contributed by atoms with E-state index in [1.807, 2.05) is 24.0 Å². The number of benzene rings is 2. The van der Waals surface area contributed by atoms with Crippen LogP contribution in [0.3, 0.4) is 0 Å². The number of pyridine rings is 1. The summed E-state index contributed by atoms with van der Waals surface area (Å²) in [6, 6.07) is 11.3. The molecule has 0 atom stereocenters. The van der Waals surface area contributed by atoms with E-state index < -0.39 is 40.3 Å². The first-order chi connectivity index (χ1) is 16.6. The number of anilines is 2. The molecule has 0 saturated carbocycles. The molecule has 0 spiro atoms. The van der Waals surface area contributed by atoms with E-state index in [0.717, 1.165) is 5.56 Å². The van der Waals surface area contributed by atoms with E-state index in [-0.39, 0.29) is 35.8 Å². The number of nitrogens with two attached hydrogens (primary N) is 1. The minimum absolute atomic E-state index is 0.0532. The summed E-state index contributed by atoms with van der Waals surface area (Å²) in [7, 11) is 0. The van der Waals surface area contributed by atoms with Gasteiger partial charge in [0.05, 0.1) is 6.61 Å². The molecule has 35 heavy (non-hydrogen) atoms. The lowest BCUT2D eigenvalue weighted by Crippen LogP contribution is -2.24. The minimum atomic E-state index is -1.63. The van der Waals surface area contributed by atoms with Gasteiger partial charge in [0.25, 0.3) is 11.5 Å². The minimum Gasteiger partial charge on any atom is -0.490 e. The van der Waals surface area contributed by atoms with Gasteiger partial charge >= 0.3 is 11.9 Å². The predicted molar refractivity (Wildman–Crippen MR) is 127 cm³/mol. The fourth-order valence-electron chi connectivity index (χ4n) is 3.36. The van der Waals surface area contributed by atoms with Crippen molar-refractivity contribution in [1.29, 1.82) is 0 Å². The van der Waals surface area contributed by atoms with Gasteiger partial charge in [-0.3, -0.25) is 9.59 Å². The standard InChI is InChI=1S/C24H23N3O8/c1-3-34-16-10-13(18-19(23(30)31)21(25)27-22(29)20(18)24(32)33)6-9-15(16)35-11-17(28)26-14-7-4-12(2)5-8-14/h4-10H,3,11H2,1-2H3,(H,26,28)(H,30,31)(H,32,33)(H3,25,27,29). The summed E-state index contributed by atoms with van der Waals surface area (Å²) in [4.78, 5) is 50.2. The Labute approximate surface area is 199 Å². The molecule has 0 radical (unpaired) electrons. The van der Waals surface area contributed by atoms with Crippen LogP contribution in [0.15, 0.2) is 47.3 Å². The molecule has 182 valence electrons. The molecule has 11 heteroatoms. The SMILES string of the molecule is CCOc1cc(-c2c(C(=O)O)c(N)[nH]c(=O)c2C(=O)O)ccc1OCC(=O)Nc1ccc(C)cc1. The largest absolute Gasteiger partial charge is 0.490 e. The quantitative estimate of drug-likeness (QED) is 0.307. The lowest BCUT2D eigenvalue weighted by atomic mass is 9.95. The lowest BCUT2D eigenvalue weighted by Gasteiger charge is -2.16. The first-order valence-electron chi connectivity index (χ1n) is 10.4. The van der Waals surface area contributed by atoms with Crippen LogP contribution in [0.2, 0.25) is 0 Å². The lowest BCUT2D eigenvalue weighted by molar-refractivity contribution is -0.118. The van der Waals surface area contributed by atoms with Gasteiger partial charge in [0.15, 0.2) is 18.1 Å². The van der Waals surface area contributed by atoms with E-state index in [4.69, 9.17) is 15.2 Å². The number of nitrogens with one attached hydrogen (secondary N) is 2. The maximum atomic E-state index is 12.3. The molecule has 0 unspecified atom stereocenters. The van der Waals surface area contributed by atoms with Gasteiger partial charge in [-0.1, -0.05) is 23.8 Å². The number of rotatable bonds is 9. The van der Waals surface area contributed by atoms with Crippen molar-refractivity contribution in [3.8, 4) is 22.6 Å². The summed E-state index contributed by atoms with van der Waals surface area (Å²) in [5, 5.41) is 21.9. The molecular formula is C24H23N3O8. The topological polar surface area (TPSA) is 181 Å². The number of carbonyl (C=O) groups excluding carboxylic acids is 1. The van der Waals surface area contributed by atoms with Gasteiger partial charge in [-0.15, -0.1) is 0 Å². The van der Waals surface area contributed by atoms with Crippen LogP contribution in [-0.4, -0.2) is 46.3 Å². The predicted octanol–water partition coefficient (Wildman–Crippen LogP) is 2.75. The number of hydrogen-bond donors (Lipinski definition) is 5. The zero-order valence-corrected chi connectivity index (χ0v) is 18.9. The first-order valence-corrected chi connectivity index (χ1v) is 10.4. The first kappa shape index (κ1) is 24.8. The maximum absolute atomic E-state index is 12.3. The van der Waals surface area contributed by atoms with Crippen molar-refractivity contribution in [2.24, 2.45) is 0 Å². The number of nitrogen functional groups attached to an aromatic ring is 1. The van der Waals surface area contributed by atoms with Crippen molar-refractivity contribution >= 4 is 29.4 Å². The van der Waals surface area contributed by atoms with Gasteiger partial charge in [-0.2, -0.15) is 0 Å². The number of carbonyl (C=O) groups is 3.